The number of sulfonamides is 1. The van der Waals surface area contributed by atoms with Crippen LogP contribution >= 0.6 is 0 Å². The van der Waals surface area contributed by atoms with E-state index in [0.29, 0.717) is 17.1 Å². The van der Waals surface area contributed by atoms with Crippen molar-refractivity contribution in [2.24, 2.45) is 11.7 Å². The Kier molecular flexibility index (Phi) is 4.43. The summed E-state index contributed by atoms with van der Waals surface area (Å²) in [7, 11) is -4.25. The third-order valence-corrected chi connectivity index (χ3v) is 4.92. The van der Waals surface area contributed by atoms with E-state index in [-0.39, 0.29) is 12.5 Å². The smallest absolute Gasteiger partial charge is 0.330 e. The Balaban J connectivity index is 2.92. The monoisotopic (exact) mass is 274 g/mol. The molecule has 0 saturated heterocycles. The van der Waals surface area contributed by atoms with E-state index in [4.69, 9.17) is 5.73 Å². The summed E-state index contributed by atoms with van der Waals surface area (Å²) in [6.45, 7) is 0.211. The number of hydrogen-bond donors (Lipinski definition) is 1. The van der Waals surface area contributed by atoms with Crippen molar-refractivity contribution in [2.75, 3.05) is 13.6 Å². The van der Waals surface area contributed by atoms with Gasteiger partial charge in [-0.25, -0.2) is 8.42 Å². The molecule has 2 N–H and O–H groups in total. The normalized spacial score (nSPS) is 27.4. The van der Waals surface area contributed by atoms with E-state index in [1.807, 2.05) is 0 Å². The van der Waals surface area contributed by atoms with Crippen LogP contribution in [0.15, 0.2) is 0 Å². The maximum atomic E-state index is 12.4. The van der Waals surface area contributed by atoms with Gasteiger partial charge >= 0.3 is 15.5 Å². The Morgan fingerprint density at radius 2 is 1.82 bits per heavy atom. The molecule has 2 unspecified atom stereocenters. The van der Waals surface area contributed by atoms with Crippen molar-refractivity contribution in [1.29, 1.82) is 0 Å². The number of nitrogens with zero attached hydrogens (tertiary/aromatic N) is 1. The highest BCUT2D eigenvalue weighted by molar-refractivity contribution is 7.90. The summed E-state index contributed by atoms with van der Waals surface area (Å²) < 4.78 is 60.2. The SMILES string of the molecule is CN(C1CCCCC1CN)S(=O)(=O)C(F)(F)F. The molecule has 0 aromatic carbocycles. The van der Waals surface area contributed by atoms with Crippen LogP contribution < -0.4 is 5.73 Å². The molecule has 0 spiro atoms. The first-order valence-electron chi connectivity index (χ1n) is 5.46. The summed E-state index contributed by atoms with van der Waals surface area (Å²) in [5.41, 5.74) is 0.243. The van der Waals surface area contributed by atoms with Crippen molar-refractivity contribution in [3.05, 3.63) is 0 Å². The molecule has 17 heavy (non-hydrogen) atoms. The first-order valence-corrected chi connectivity index (χ1v) is 6.90. The van der Waals surface area contributed by atoms with E-state index in [9.17, 15) is 21.6 Å². The lowest BCUT2D eigenvalue weighted by Crippen LogP contribution is -2.49. The van der Waals surface area contributed by atoms with E-state index in [1.165, 1.54) is 0 Å². The standard InChI is InChI=1S/C9H17F3N2O2S/c1-14(17(15,16)9(10,11)12)8-5-3-2-4-7(8)6-13/h7-8H,2-6,13H2,1H3. The Hall–Kier alpha value is -0.340. The third kappa shape index (κ3) is 2.92. The molecule has 0 radical (unpaired) electrons. The molecule has 0 aliphatic heterocycles. The Labute approximate surface area is 99.0 Å². The minimum atomic E-state index is -5.24. The van der Waals surface area contributed by atoms with Crippen LogP contribution in [0, 0.1) is 5.92 Å². The number of alkyl halides is 3. The molecule has 1 rings (SSSR count). The summed E-state index contributed by atoms with van der Waals surface area (Å²) in [4.78, 5) is 0. The predicted molar refractivity (Wildman–Crippen MR) is 57.5 cm³/mol. The van der Waals surface area contributed by atoms with Crippen LogP contribution in [0.25, 0.3) is 0 Å². The molecule has 4 nitrogen and oxygen atoms in total. The first kappa shape index (κ1) is 14.7. The summed E-state index contributed by atoms with van der Waals surface area (Å²) in [6.07, 6.45) is 2.74. The average molecular weight is 274 g/mol. The lowest BCUT2D eigenvalue weighted by atomic mass is 9.85. The third-order valence-electron chi connectivity index (χ3n) is 3.31. The number of rotatable bonds is 3. The molecule has 1 saturated carbocycles. The zero-order chi connectivity index (χ0) is 13.3. The van der Waals surface area contributed by atoms with Gasteiger partial charge in [-0.2, -0.15) is 17.5 Å². The van der Waals surface area contributed by atoms with Crippen LogP contribution in [0.3, 0.4) is 0 Å². The maximum Gasteiger partial charge on any atom is 0.511 e. The quantitative estimate of drug-likeness (QED) is 0.843. The molecule has 8 heteroatoms. The lowest BCUT2D eigenvalue weighted by molar-refractivity contribution is -0.0503. The predicted octanol–water partition coefficient (Wildman–Crippen LogP) is 1.29. The van der Waals surface area contributed by atoms with Gasteiger partial charge in [0.25, 0.3) is 0 Å². The van der Waals surface area contributed by atoms with Crippen molar-refractivity contribution >= 4 is 10.0 Å². The highest BCUT2D eigenvalue weighted by Crippen LogP contribution is 2.33. The van der Waals surface area contributed by atoms with Gasteiger partial charge in [0.05, 0.1) is 0 Å². The van der Waals surface area contributed by atoms with Crippen LogP contribution in [-0.2, 0) is 10.0 Å². The summed E-state index contributed by atoms with van der Waals surface area (Å²) >= 11 is 0. The fourth-order valence-electron chi connectivity index (χ4n) is 2.28. The van der Waals surface area contributed by atoms with Crippen LogP contribution in [0.1, 0.15) is 25.7 Å². The maximum absolute atomic E-state index is 12.4. The fraction of sp³-hybridized carbons (Fsp3) is 1.00. The van der Waals surface area contributed by atoms with Gasteiger partial charge in [0, 0.05) is 13.1 Å². The van der Waals surface area contributed by atoms with Crippen molar-refractivity contribution in [3.8, 4) is 0 Å². The van der Waals surface area contributed by atoms with Crippen LogP contribution in [-0.4, -0.2) is 37.9 Å². The number of hydrogen-bond acceptors (Lipinski definition) is 3. The molecule has 1 fully saturated rings. The number of halogens is 3. The molecular weight excluding hydrogens is 257 g/mol. The van der Waals surface area contributed by atoms with Crippen molar-refractivity contribution in [1.82, 2.24) is 4.31 Å². The molecule has 0 aromatic heterocycles. The zero-order valence-electron chi connectivity index (χ0n) is 9.57. The van der Waals surface area contributed by atoms with Crippen LogP contribution in [0.4, 0.5) is 13.2 Å². The van der Waals surface area contributed by atoms with E-state index >= 15 is 0 Å². The minimum absolute atomic E-state index is 0.189. The van der Waals surface area contributed by atoms with E-state index in [1.54, 1.807) is 0 Å². The van der Waals surface area contributed by atoms with E-state index in [2.05, 4.69) is 0 Å². The largest absolute Gasteiger partial charge is 0.511 e. The van der Waals surface area contributed by atoms with Crippen molar-refractivity contribution in [3.63, 3.8) is 0 Å². The summed E-state index contributed by atoms with van der Waals surface area (Å²) in [5.74, 6) is -0.189. The van der Waals surface area contributed by atoms with Crippen LogP contribution in [0.5, 0.6) is 0 Å². The summed E-state index contributed by atoms with van der Waals surface area (Å²) in [6, 6.07) is -0.639. The lowest BCUT2D eigenvalue weighted by Gasteiger charge is -2.36. The topological polar surface area (TPSA) is 63.4 Å². The minimum Gasteiger partial charge on any atom is -0.330 e. The first-order chi connectivity index (χ1) is 7.71. The fourth-order valence-corrected chi connectivity index (χ4v) is 3.24. The second kappa shape index (κ2) is 5.11. The molecule has 0 amide bonds. The van der Waals surface area contributed by atoms with E-state index < -0.39 is 21.6 Å². The van der Waals surface area contributed by atoms with Gasteiger partial charge in [-0.05, 0) is 25.3 Å². The van der Waals surface area contributed by atoms with Gasteiger partial charge < -0.3 is 5.73 Å². The Morgan fingerprint density at radius 1 is 1.29 bits per heavy atom. The molecule has 0 bridgehead atoms. The Morgan fingerprint density at radius 3 is 2.29 bits per heavy atom. The van der Waals surface area contributed by atoms with Gasteiger partial charge in [0.1, 0.15) is 0 Å². The molecule has 2 atom stereocenters. The average Bonchev–Trinajstić information content (AvgIpc) is 2.26. The molecule has 0 heterocycles. The van der Waals surface area contributed by atoms with E-state index in [0.717, 1.165) is 19.9 Å². The molecule has 0 aromatic rings. The second-order valence-corrected chi connectivity index (χ2v) is 6.30. The van der Waals surface area contributed by atoms with Gasteiger partial charge in [-0.15, -0.1) is 0 Å². The van der Waals surface area contributed by atoms with Crippen LogP contribution in [0.2, 0.25) is 0 Å². The van der Waals surface area contributed by atoms with Gasteiger partial charge in [0.2, 0.25) is 0 Å². The molecule has 1 aliphatic carbocycles. The Bertz CT molecular complexity index is 356. The highest BCUT2D eigenvalue weighted by atomic mass is 32.2. The van der Waals surface area contributed by atoms with Gasteiger partial charge in [-0.1, -0.05) is 12.8 Å². The zero-order valence-corrected chi connectivity index (χ0v) is 10.4. The van der Waals surface area contributed by atoms with Gasteiger partial charge in [0.15, 0.2) is 0 Å². The molecular formula is C9H17F3N2O2S. The van der Waals surface area contributed by atoms with Crippen molar-refractivity contribution < 1.29 is 21.6 Å². The van der Waals surface area contributed by atoms with Crippen molar-refractivity contribution in [2.45, 2.75) is 37.2 Å². The number of nitrogens with two attached hydrogens (primary N) is 1. The molecule has 1 aliphatic rings. The highest BCUT2D eigenvalue weighted by Gasteiger charge is 2.51. The summed E-state index contributed by atoms with van der Waals surface area (Å²) in [5, 5.41) is 0. The molecule has 102 valence electrons. The van der Waals surface area contributed by atoms with Gasteiger partial charge in [-0.3, -0.25) is 0 Å². The second-order valence-electron chi connectivity index (χ2n) is 4.31.